The number of halogens is 1. The van der Waals surface area contributed by atoms with Crippen molar-refractivity contribution >= 4 is 32.8 Å². The highest BCUT2D eigenvalue weighted by Gasteiger charge is 2.22. The zero-order valence-corrected chi connectivity index (χ0v) is 14.4. The Balaban J connectivity index is 1.58. The van der Waals surface area contributed by atoms with Crippen LogP contribution in [0, 0.1) is 5.92 Å². The van der Waals surface area contributed by atoms with Gasteiger partial charge in [0.15, 0.2) is 5.65 Å². The van der Waals surface area contributed by atoms with E-state index in [9.17, 15) is 5.11 Å². The normalized spacial score (nSPS) is 22.1. The van der Waals surface area contributed by atoms with Crippen LogP contribution in [0.1, 0.15) is 38.5 Å². The van der Waals surface area contributed by atoms with Gasteiger partial charge in [0.1, 0.15) is 16.7 Å². The number of nitrogens with zero attached hydrogens (tertiary/aromatic N) is 4. The first-order valence-corrected chi connectivity index (χ1v) is 8.71. The highest BCUT2D eigenvalue weighted by molar-refractivity contribution is 9.10. The largest absolute Gasteiger partial charge is 0.393 e. The maximum Gasteiger partial charge on any atom is 0.164 e. The first-order valence-electron chi connectivity index (χ1n) is 7.92. The zero-order valence-electron chi connectivity index (χ0n) is 12.8. The number of aliphatic hydroxyl groups is 1. The molecule has 22 heavy (non-hydrogen) atoms. The smallest absolute Gasteiger partial charge is 0.164 e. The fraction of sp³-hybridized carbons (Fsp3) is 0.667. The van der Waals surface area contributed by atoms with Gasteiger partial charge in [-0.1, -0.05) is 12.8 Å². The van der Waals surface area contributed by atoms with Gasteiger partial charge >= 0.3 is 0 Å². The van der Waals surface area contributed by atoms with Crippen LogP contribution >= 0.6 is 15.9 Å². The first kappa shape index (κ1) is 15.7. The minimum absolute atomic E-state index is 0.105. The number of nitrogens with one attached hydrogen (secondary N) is 1. The summed E-state index contributed by atoms with van der Waals surface area (Å²) >= 11 is 3.46. The zero-order chi connectivity index (χ0) is 15.5. The Hall–Kier alpha value is -1.21. The molecular formula is C15H22BrN5O. The fourth-order valence-corrected chi connectivity index (χ4v) is 3.87. The standard InChI is InChI=1S/C15H22BrN5O/c1-21-15-12(13(16)20-21)14(18-9-19-15)17-8-4-6-10-5-2-3-7-11(10)22/h9-11,22H,2-8H2,1H3,(H,17,18,19). The predicted octanol–water partition coefficient (Wildman–Crippen LogP) is 2.87. The summed E-state index contributed by atoms with van der Waals surface area (Å²) in [7, 11) is 1.87. The molecule has 2 atom stereocenters. The Morgan fingerprint density at radius 3 is 3.00 bits per heavy atom. The van der Waals surface area contributed by atoms with Crippen LogP contribution in [0.15, 0.2) is 10.9 Å². The van der Waals surface area contributed by atoms with Crippen molar-refractivity contribution in [1.82, 2.24) is 19.7 Å². The van der Waals surface area contributed by atoms with Crippen molar-refractivity contribution in [3.63, 3.8) is 0 Å². The molecule has 0 amide bonds. The summed E-state index contributed by atoms with van der Waals surface area (Å²) in [4.78, 5) is 8.59. The van der Waals surface area contributed by atoms with Crippen LogP contribution in [0.3, 0.4) is 0 Å². The number of fused-ring (bicyclic) bond motifs is 1. The third-order valence-electron chi connectivity index (χ3n) is 4.49. The topological polar surface area (TPSA) is 75.9 Å². The molecule has 0 saturated heterocycles. The average Bonchev–Trinajstić information content (AvgIpc) is 2.81. The van der Waals surface area contributed by atoms with Crippen LogP contribution in [-0.2, 0) is 7.05 Å². The minimum atomic E-state index is -0.105. The Labute approximate surface area is 138 Å². The summed E-state index contributed by atoms with van der Waals surface area (Å²) in [5.74, 6) is 1.28. The van der Waals surface area contributed by atoms with Crippen LogP contribution in [0.25, 0.3) is 11.0 Å². The van der Waals surface area contributed by atoms with Crippen molar-refractivity contribution in [2.75, 3.05) is 11.9 Å². The van der Waals surface area contributed by atoms with Gasteiger partial charge in [0, 0.05) is 13.6 Å². The second kappa shape index (κ2) is 6.91. The van der Waals surface area contributed by atoms with E-state index < -0.39 is 0 Å². The molecule has 1 aliphatic rings. The highest BCUT2D eigenvalue weighted by Crippen LogP contribution is 2.29. The van der Waals surface area contributed by atoms with Gasteiger partial charge < -0.3 is 10.4 Å². The molecule has 2 aromatic heterocycles. The highest BCUT2D eigenvalue weighted by atomic mass is 79.9. The van der Waals surface area contributed by atoms with Crippen LogP contribution in [0.4, 0.5) is 5.82 Å². The second-order valence-electron chi connectivity index (χ2n) is 6.02. The van der Waals surface area contributed by atoms with Gasteiger partial charge in [0.2, 0.25) is 0 Å². The van der Waals surface area contributed by atoms with Gasteiger partial charge in [-0.05, 0) is 47.5 Å². The van der Waals surface area contributed by atoms with Gasteiger partial charge in [-0.3, -0.25) is 0 Å². The number of rotatable bonds is 5. The second-order valence-corrected chi connectivity index (χ2v) is 6.77. The van der Waals surface area contributed by atoms with E-state index in [2.05, 4.69) is 36.3 Å². The Morgan fingerprint density at radius 2 is 2.18 bits per heavy atom. The van der Waals surface area contributed by atoms with Crippen LogP contribution in [0.5, 0.6) is 0 Å². The van der Waals surface area contributed by atoms with Gasteiger partial charge in [0.05, 0.1) is 11.5 Å². The summed E-state index contributed by atoms with van der Waals surface area (Å²) < 4.78 is 2.50. The molecular weight excluding hydrogens is 346 g/mol. The van der Waals surface area contributed by atoms with Crippen molar-refractivity contribution in [3.8, 4) is 0 Å². The first-order chi connectivity index (χ1) is 10.7. The summed E-state index contributed by atoms with van der Waals surface area (Å²) in [6.07, 6.45) is 8.10. The van der Waals surface area contributed by atoms with E-state index in [1.54, 1.807) is 11.0 Å². The van der Waals surface area contributed by atoms with Crippen LogP contribution in [-0.4, -0.2) is 37.5 Å². The van der Waals surface area contributed by atoms with Crippen molar-refractivity contribution in [1.29, 1.82) is 0 Å². The third-order valence-corrected chi connectivity index (χ3v) is 5.05. The molecule has 0 spiro atoms. The van der Waals surface area contributed by atoms with Gasteiger partial charge in [-0.15, -0.1) is 0 Å². The number of anilines is 1. The molecule has 0 bridgehead atoms. The van der Waals surface area contributed by atoms with Crippen LogP contribution < -0.4 is 5.32 Å². The quantitative estimate of drug-likeness (QED) is 0.794. The van der Waals surface area contributed by atoms with E-state index in [1.165, 1.54) is 12.8 Å². The number of aryl methyl sites for hydroxylation is 1. The van der Waals surface area contributed by atoms with E-state index in [-0.39, 0.29) is 6.10 Å². The summed E-state index contributed by atoms with van der Waals surface area (Å²) in [5, 5.41) is 18.6. The number of aliphatic hydroxyl groups excluding tert-OH is 1. The summed E-state index contributed by atoms with van der Waals surface area (Å²) in [6, 6.07) is 0. The number of hydrogen-bond donors (Lipinski definition) is 2. The monoisotopic (exact) mass is 367 g/mol. The summed E-state index contributed by atoms with van der Waals surface area (Å²) in [5.41, 5.74) is 0.812. The fourth-order valence-electron chi connectivity index (χ4n) is 3.27. The molecule has 0 aliphatic heterocycles. The van der Waals surface area contributed by atoms with E-state index >= 15 is 0 Å². The molecule has 2 heterocycles. The molecule has 1 fully saturated rings. The molecule has 2 N–H and O–H groups in total. The predicted molar refractivity (Wildman–Crippen MR) is 89.7 cm³/mol. The van der Waals surface area contributed by atoms with Gasteiger partial charge in [-0.2, -0.15) is 5.10 Å². The van der Waals surface area contributed by atoms with E-state index in [0.29, 0.717) is 5.92 Å². The maximum atomic E-state index is 10.0. The van der Waals surface area contributed by atoms with E-state index in [0.717, 1.165) is 53.7 Å². The molecule has 2 unspecified atom stereocenters. The molecule has 120 valence electrons. The summed E-state index contributed by atoms with van der Waals surface area (Å²) in [6.45, 7) is 0.844. The Morgan fingerprint density at radius 1 is 1.36 bits per heavy atom. The molecule has 2 aromatic rings. The lowest BCUT2D eigenvalue weighted by Crippen LogP contribution is -2.24. The molecule has 7 heteroatoms. The van der Waals surface area contributed by atoms with Crippen molar-refractivity contribution < 1.29 is 5.11 Å². The Kier molecular flexibility index (Phi) is 4.93. The molecule has 1 aliphatic carbocycles. The number of hydrogen-bond acceptors (Lipinski definition) is 5. The van der Waals surface area contributed by atoms with Crippen molar-refractivity contribution in [3.05, 3.63) is 10.9 Å². The van der Waals surface area contributed by atoms with Crippen molar-refractivity contribution in [2.45, 2.75) is 44.6 Å². The third kappa shape index (κ3) is 3.25. The van der Waals surface area contributed by atoms with E-state index in [1.807, 2.05) is 7.05 Å². The van der Waals surface area contributed by atoms with E-state index in [4.69, 9.17) is 0 Å². The van der Waals surface area contributed by atoms with Gasteiger partial charge in [-0.25, -0.2) is 14.6 Å². The minimum Gasteiger partial charge on any atom is -0.393 e. The molecule has 1 saturated carbocycles. The molecule has 3 rings (SSSR count). The maximum absolute atomic E-state index is 10.0. The SMILES string of the molecule is Cn1nc(Br)c2c(NCCCC3CCCCC3O)ncnc21. The molecule has 6 nitrogen and oxygen atoms in total. The Bertz CT molecular complexity index is 644. The van der Waals surface area contributed by atoms with Crippen LogP contribution in [0.2, 0.25) is 0 Å². The molecule has 0 aromatic carbocycles. The van der Waals surface area contributed by atoms with Crippen molar-refractivity contribution in [2.24, 2.45) is 13.0 Å². The lowest BCUT2D eigenvalue weighted by atomic mass is 9.83. The molecule has 0 radical (unpaired) electrons. The number of aromatic nitrogens is 4. The lowest BCUT2D eigenvalue weighted by Gasteiger charge is -2.27. The lowest BCUT2D eigenvalue weighted by molar-refractivity contribution is 0.0648. The van der Waals surface area contributed by atoms with Gasteiger partial charge in [0.25, 0.3) is 0 Å². The average molecular weight is 368 g/mol.